The van der Waals surface area contributed by atoms with E-state index >= 15 is 0 Å². The third kappa shape index (κ3) is 4.68. The minimum absolute atomic E-state index is 0.141. The van der Waals surface area contributed by atoms with E-state index in [1.165, 1.54) is 7.11 Å². The summed E-state index contributed by atoms with van der Waals surface area (Å²) in [4.78, 5) is 12.3. The van der Waals surface area contributed by atoms with Crippen LogP contribution in [0.15, 0.2) is 42.5 Å². The number of ether oxygens (including phenoxy) is 3. The van der Waals surface area contributed by atoms with E-state index in [1.54, 1.807) is 0 Å². The summed E-state index contributed by atoms with van der Waals surface area (Å²) in [6.07, 6.45) is 6.30. The first-order chi connectivity index (χ1) is 10.7. The lowest BCUT2D eigenvalue weighted by Crippen LogP contribution is -2.31. The van der Waals surface area contributed by atoms with Crippen molar-refractivity contribution in [3.05, 3.63) is 48.0 Å². The third-order valence-electron chi connectivity index (χ3n) is 3.68. The van der Waals surface area contributed by atoms with Crippen molar-refractivity contribution in [2.45, 2.75) is 44.5 Å². The van der Waals surface area contributed by atoms with Crippen LogP contribution in [0.1, 0.15) is 37.9 Å². The molecule has 1 aliphatic heterocycles. The maximum absolute atomic E-state index is 12.3. The fourth-order valence-corrected chi connectivity index (χ4v) is 2.44. The molecule has 0 fully saturated rings. The highest BCUT2D eigenvalue weighted by atomic mass is 16.6. The number of carbonyl (C=O) groups excluding carboxylic acids is 1. The Morgan fingerprint density at radius 3 is 2.68 bits per heavy atom. The Kier molecular flexibility index (Phi) is 6.62. The monoisotopic (exact) mass is 304 g/mol. The summed E-state index contributed by atoms with van der Waals surface area (Å²) in [5.41, 5.74) is 0.788. The summed E-state index contributed by atoms with van der Waals surface area (Å²) in [5.74, 6) is -0.390. The van der Waals surface area contributed by atoms with Crippen molar-refractivity contribution < 1.29 is 19.0 Å². The van der Waals surface area contributed by atoms with Gasteiger partial charge in [-0.1, -0.05) is 56.2 Å². The predicted molar refractivity (Wildman–Crippen MR) is 84.5 cm³/mol. The molecule has 1 aliphatic rings. The van der Waals surface area contributed by atoms with Crippen molar-refractivity contribution in [3.63, 3.8) is 0 Å². The van der Waals surface area contributed by atoms with Crippen molar-refractivity contribution in [3.8, 4) is 0 Å². The molecule has 4 heteroatoms. The molecule has 22 heavy (non-hydrogen) atoms. The largest absolute Gasteiger partial charge is 0.453 e. The molecule has 0 amide bonds. The van der Waals surface area contributed by atoms with E-state index in [4.69, 9.17) is 14.2 Å². The molecular formula is C18H24O4. The van der Waals surface area contributed by atoms with Crippen LogP contribution in [0.4, 0.5) is 0 Å². The van der Waals surface area contributed by atoms with Crippen LogP contribution in [0.25, 0.3) is 0 Å². The summed E-state index contributed by atoms with van der Waals surface area (Å²) in [7, 11) is 1.51. The van der Waals surface area contributed by atoms with Crippen LogP contribution in [-0.2, 0) is 19.0 Å². The van der Waals surface area contributed by atoms with Crippen molar-refractivity contribution >= 4 is 5.97 Å². The van der Waals surface area contributed by atoms with E-state index in [-0.39, 0.29) is 18.2 Å². The fraction of sp³-hybridized carbons (Fsp3) is 0.500. The van der Waals surface area contributed by atoms with E-state index in [0.29, 0.717) is 6.61 Å². The van der Waals surface area contributed by atoms with Crippen molar-refractivity contribution in [1.29, 1.82) is 0 Å². The molecule has 0 radical (unpaired) electrons. The molecule has 4 nitrogen and oxygen atoms in total. The van der Waals surface area contributed by atoms with Gasteiger partial charge in [0.25, 0.3) is 0 Å². The molecule has 1 heterocycles. The Balaban J connectivity index is 1.89. The van der Waals surface area contributed by atoms with Crippen LogP contribution in [0.3, 0.4) is 0 Å². The molecule has 0 aliphatic carbocycles. The molecule has 0 spiro atoms. The molecule has 0 unspecified atom stereocenters. The zero-order chi connectivity index (χ0) is 15.8. The minimum Gasteiger partial charge on any atom is -0.453 e. The van der Waals surface area contributed by atoms with E-state index in [0.717, 1.165) is 24.8 Å². The molecule has 2 rings (SSSR count). The van der Waals surface area contributed by atoms with Gasteiger partial charge in [0.15, 0.2) is 6.10 Å². The predicted octanol–water partition coefficient (Wildman–Crippen LogP) is 3.43. The Hall–Kier alpha value is -1.65. The molecule has 0 aromatic heterocycles. The van der Waals surface area contributed by atoms with Gasteiger partial charge in [0, 0.05) is 7.11 Å². The lowest BCUT2D eigenvalue weighted by atomic mass is 10.1. The highest BCUT2D eigenvalue weighted by Gasteiger charge is 2.26. The van der Waals surface area contributed by atoms with Crippen molar-refractivity contribution in [2.75, 3.05) is 13.7 Å². The SMILES string of the molecule is CCCC[C@H]1C=C[C@H](OC(=O)[C@@H](OC)c2ccccc2)CO1. The van der Waals surface area contributed by atoms with Gasteiger partial charge in [0.05, 0.1) is 12.7 Å². The van der Waals surface area contributed by atoms with Crippen LogP contribution in [-0.4, -0.2) is 31.9 Å². The summed E-state index contributed by atoms with van der Waals surface area (Å²) >= 11 is 0. The lowest BCUT2D eigenvalue weighted by molar-refractivity contribution is -0.163. The second kappa shape index (κ2) is 8.71. The minimum atomic E-state index is -0.701. The van der Waals surface area contributed by atoms with E-state index < -0.39 is 6.10 Å². The number of hydrogen-bond acceptors (Lipinski definition) is 4. The second-order valence-corrected chi connectivity index (χ2v) is 5.40. The first-order valence-electron chi connectivity index (χ1n) is 7.82. The molecule has 0 saturated heterocycles. The first-order valence-corrected chi connectivity index (χ1v) is 7.82. The Morgan fingerprint density at radius 1 is 1.32 bits per heavy atom. The summed E-state index contributed by atoms with van der Waals surface area (Å²) in [6, 6.07) is 9.34. The van der Waals surface area contributed by atoms with Crippen LogP contribution < -0.4 is 0 Å². The van der Waals surface area contributed by atoms with E-state index in [9.17, 15) is 4.79 Å². The molecular weight excluding hydrogens is 280 g/mol. The van der Waals surface area contributed by atoms with Gasteiger partial charge in [-0.05, 0) is 18.1 Å². The molecule has 1 aromatic carbocycles. The molecule has 120 valence electrons. The summed E-state index contributed by atoms with van der Waals surface area (Å²) in [5, 5.41) is 0. The van der Waals surface area contributed by atoms with Gasteiger partial charge in [0.1, 0.15) is 6.10 Å². The van der Waals surface area contributed by atoms with E-state index in [2.05, 4.69) is 6.92 Å². The molecule has 0 bridgehead atoms. The third-order valence-corrected chi connectivity index (χ3v) is 3.68. The number of carbonyl (C=O) groups is 1. The molecule has 1 aromatic rings. The van der Waals surface area contributed by atoms with Crippen LogP contribution in [0, 0.1) is 0 Å². The molecule has 0 saturated carbocycles. The average Bonchev–Trinajstić information content (AvgIpc) is 2.56. The molecule has 3 atom stereocenters. The van der Waals surface area contributed by atoms with Crippen molar-refractivity contribution in [1.82, 2.24) is 0 Å². The smallest absolute Gasteiger partial charge is 0.340 e. The standard InChI is InChI=1S/C18H24O4/c1-3-4-10-15-11-12-16(13-21-15)22-18(19)17(20-2)14-8-6-5-7-9-14/h5-9,11-12,15-17H,3-4,10,13H2,1-2H3/t15-,16-,17-/m0/s1. The van der Waals surface area contributed by atoms with Crippen molar-refractivity contribution in [2.24, 2.45) is 0 Å². The van der Waals surface area contributed by atoms with E-state index in [1.807, 2.05) is 42.5 Å². The Bertz CT molecular complexity index is 483. The van der Waals surface area contributed by atoms with Gasteiger partial charge in [-0.25, -0.2) is 4.79 Å². The maximum Gasteiger partial charge on any atom is 0.340 e. The maximum atomic E-state index is 12.3. The number of benzene rings is 1. The summed E-state index contributed by atoms with van der Waals surface area (Å²) < 4.78 is 16.5. The average molecular weight is 304 g/mol. The topological polar surface area (TPSA) is 44.8 Å². The van der Waals surface area contributed by atoms with Gasteiger partial charge >= 0.3 is 5.97 Å². The van der Waals surface area contributed by atoms with Gasteiger partial charge in [0.2, 0.25) is 0 Å². The van der Waals surface area contributed by atoms with Crippen LogP contribution in [0.5, 0.6) is 0 Å². The Morgan fingerprint density at radius 2 is 2.09 bits per heavy atom. The number of methoxy groups -OCH3 is 1. The van der Waals surface area contributed by atoms with Gasteiger partial charge in [-0.3, -0.25) is 0 Å². The lowest BCUT2D eigenvalue weighted by Gasteiger charge is -2.25. The number of unbranched alkanes of at least 4 members (excludes halogenated alkanes) is 1. The highest BCUT2D eigenvalue weighted by molar-refractivity contribution is 5.76. The number of esters is 1. The first kappa shape index (κ1) is 16.7. The number of rotatable bonds is 7. The van der Waals surface area contributed by atoms with Gasteiger partial charge in [-0.2, -0.15) is 0 Å². The zero-order valence-corrected chi connectivity index (χ0v) is 13.2. The number of hydrogen-bond donors (Lipinski definition) is 0. The quantitative estimate of drug-likeness (QED) is 0.572. The second-order valence-electron chi connectivity index (χ2n) is 5.40. The van der Waals surface area contributed by atoms with Crippen LogP contribution >= 0.6 is 0 Å². The zero-order valence-electron chi connectivity index (χ0n) is 13.2. The Labute approximate surface area is 132 Å². The fourth-order valence-electron chi connectivity index (χ4n) is 2.44. The normalized spacial score (nSPS) is 22.3. The van der Waals surface area contributed by atoms with Gasteiger partial charge < -0.3 is 14.2 Å². The summed E-state index contributed by atoms with van der Waals surface area (Å²) in [6.45, 7) is 2.56. The highest BCUT2D eigenvalue weighted by Crippen LogP contribution is 2.20. The molecule has 0 N–H and O–H groups in total. The van der Waals surface area contributed by atoms with Gasteiger partial charge in [-0.15, -0.1) is 0 Å². The van der Waals surface area contributed by atoms with Crippen LogP contribution in [0.2, 0.25) is 0 Å².